The smallest absolute Gasteiger partial charge is 0.292 e. The summed E-state index contributed by atoms with van der Waals surface area (Å²) in [6, 6.07) is -12.3. The fourth-order valence-corrected chi connectivity index (χ4v) is 4.01. The zero-order valence-electron chi connectivity index (χ0n) is 26.9. The Kier molecular flexibility index (Phi) is 18.5. The van der Waals surface area contributed by atoms with Crippen LogP contribution in [-0.4, -0.2) is 60.0 Å². The zero-order valence-corrected chi connectivity index (χ0v) is 26.9. The average molecular weight is 797 g/mol. The van der Waals surface area contributed by atoms with Gasteiger partial charge in [0.25, 0.3) is 0 Å². The van der Waals surface area contributed by atoms with Gasteiger partial charge in [-0.15, -0.1) is 0 Å². The van der Waals surface area contributed by atoms with E-state index in [0.717, 1.165) is 0 Å². The van der Waals surface area contributed by atoms with Gasteiger partial charge in [-0.05, 0) is 37.5 Å². The lowest BCUT2D eigenvalue weighted by atomic mass is 10.1. The second kappa shape index (κ2) is 19.8. The van der Waals surface area contributed by atoms with Crippen LogP contribution in [0.15, 0.2) is 0 Å². The van der Waals surface area contributed by atoms with E-state index in [4.69, 9.17) is 0 Å². The minimum Gasteiger partial charge on any atom is -0.292 e. The van der Waals surface area contributed by atoms with Crippen molar-refractivity contribution < 1.29 is 88.6 Å². The Labute approximate surface area is 286 Å². The predicted octanol–water partition coefficient (Wildman–Crippen LogP) is 10.3. The van der Waals surface area contributed by atoms with Crippen molar-refractivity contribution in [3.05, 3.63) is 0 Å². The molecular weight excluding hydrogens is 762 g/mol. The summed E-state index contributed by atoms with van der Waals surface area (Å²) in [6.07, 6.45) is -9.76. The van der Waals surface area contributed by atoms with E-state index >= 15 is 0 Å². The average Bonchev–Trinajstić information content (AvgIpc) is 2.98. The van der Waals surface area contributed by atoms with E-state index in [1.165, 1.54) is 0 Å². The Balaban J connectivity index is 4.05. The van der Waals surface area contributed by atoms with Crippen molar-refractivity contribution in [2.75, 3.05) is 0 Å². The Morgan fingerprint density at radius 2 is 0.615 bits per heavy atom. The number of halogens is 18. The van der Waals surface area contributed by atoms with Crippen LogP contribution in [-0.2, 0) is 9.59 Å². The highest BCUT2D eigenvalue weighted by molar-refractivity contribution is 5.76. The highest BCUT2D eigenvalue weighted by Crippen LogP contribution is 2.53. The maximum absolute atomic E-state index is 13.4. The van der Waals surface area contributed by atoms with Gasteiger partial charge in [-0.1, -0.05) is 63.2 Å². The van der Waals surface area contributed by atoms with Crippen LogP contribution in [0.1, 0.15) is 103 Å². The predicted molar refractivity (Wildman–Crippen MR) is 148 cm³/mol. The molecule has 0 aliphatic heterocycles. The first kappa shape index (κ1) is 48.8. The first-order chi connectivity index (χ1) is 23.5. The zero-order chi connectivity index (χ0) is 40.7. The molecule has 0 heterocycles. The standard InChI is InChI=1S/C30H34F18N2O2/c31-23(32,27(39,40)41)25(35,36)29(45,46)49-21(51)19-17-15-13-11-9-7-5-3-1-2-4-6-8-10-12-14-16-18-20-22(52)50-30(47,48)26(37,38)24(33,34)28(42,43)44/h5-20H2,(H,49,51)(H,50,52). The van der Waals surface area contributed by atoms with E-state index in [9.17, 15) is 88.6 Å². The van der Waals surface area contributed by atoms with Crippen molar-refractivity contribution in [3.8, 4) is 23.7 Å². The Morgan fingerprint density at radius 3 is 0.885 bits per heavy atom. The van der Waals surface area contributed by atoms with Crippen molar-refractivity contribution in [1.29, 1.82) is 0 Å². The van der Waals surface area contributed by atoms with Gasteiger partial charge < -0.3 is 0 Å². The molecule has 0 fully saturated rings. The molecule has 0 aromatic carbocycles. The third-order valence-electron chi connectivity index (χ3n) is 7.03. The fourth-order valence-electron chi connectivity index (χ4n) is 4.01. The first-order valence-corrected chi connectivity index (χ1v) is 15.5. The number of nitrogens with one attached hydrogen (secondary N) is 2. The van der Waals surface area contributed by atoms with Crippen LogP contribution in [0.25, 0.3) is 0 Å². The lowest BCUT2D eigenvalue weighted by Gasteiger charge is -2.33. The van der Waals surface area contributed by atoms with E-state index in [1.807, 2.05) is 0 Å². The minimum absolute atomic E-state index is 0.125. The summed E-state index contributed by atoms with van der Waals surface area (Å²) in [5.41, 5.74) is 0. The molecule has 0 aliphatic rings. The molecule has 22 heteroatoms. The number of carbonyl (C=O) groups is 2. The van der Waals surface area contributed by atoms with E-state index in [1.54, 1.807) is 0 Å². The van der Waals surface area contributed by atoms with Gasteiger partial charge in [0.05, 0.1) is 0 Å². The topological polar surface area (TPSA) is 58.2 Å². The molecule has 302 valence electrons. The molecular formula is C30H34F18N2O2. The van der Waals surface area contributed by atoms with Gasteiger partial charge in [-0.3, -0.25) is 20.2 Å². The molecule has 0 unspecified atom stereocenters. The quantitative estimate of drug-likeness (QED) is 0.0496. The molecule has 0 saturated heterocycles. The molecule has 2 amide bonds. The highest BCUT2D eigenvalue weighted by atomic mass is 19.4. The van der Waals surface area contributed by atoms with Crippen molar-refractivity contribution in [3.63, 3.8) is 0 Å². The third kappa shape index (κ3) is 14.0. The van der Waals surface area contributed by atoms with Crippen molar-refractivity contribution in [1.82, 2.24) is 10.6 Å². The molecule has 0 aromatic heterocycles. The van der Waals surface area contributed by atoms with Crippen molar-refractivity contribution >= 4 is 11.8 Å². The maximum atomic E-state index is 13.4. The van der Waals surface area contributed by atoms with Crippen molar-refractivity contribution in [2.24, 2.45) is 0 Å². The second-order valence-corrected chi connectivity index (χ2v) is 11.4. The van der Waals surface area contributed by atoms with Crippen LogP contribution >= 0.6 is 0 Å². The highest BCUT2D eigenvalue weighted by Gasteiger charge is 2.83. The monoisotopic (exact) mass is 796 g/mol. The van der Waals surface area contributed by atoms with Crippen LogP contribution in [0.5, 0.6) is 0 Å². The van der Waals surface area contributed by atoms with Crippen LogP contribution in [0.2, 0.25) is 0 Å². The summed E-state index contributed by atoms with van der Waals surface area (Å²) in [6.45, 7) is 0. The number of carbonyl (C=O) groups excluding carboxylic acids is 2. The van der Waals surface area contributed by atoms with E-state index < -0.39 is 72.8 Å². The van der Waals surface area contributed by atoms with Crippen LogP contribution in [0, 0.1) is 23.7 Å². The summed E-state index contributed by atoms with van der Waals surface area (Å²) in [7, 11) is 0. The molecule has 0 spiro atoms. The fraction of sp³-hybridized carbons (Fsp3) is 0.800. The molecule has 2 N–H and O–H groups in total. The summed E-state index contributed by atoms with van der Waals surface area (Å²) >= 11 is 0. The largest absolute Gasteiger partial charge is 0.460 e. The normalized spacial score (nSPS) is 13.5. The molecule has 4 nitrogen and oxygen atoms in total. The molecule has 52 heavy (non-hydrogen) atoms. The summed E-state index contributed by atoms with van der Waals surface area (Å²) in [5.74, 6) is -20.9. The molecule has 0 rings (SSSR count). The summed E-state index contributed by atoms with van der Waals surface area (Å²) in [5, 5.41) is 0.480. The number of unbranched alkanes of at least 4 members (excludes halogenated alkanes) is 12. The maximum Gasteiger partial charge on any atom is 0.460 e. The van der Waals surface area contributed by atoms with E-state index in [2.05, 4.69) is 23.7 Å². The van der Waals surface area contributed by atoms with Crippen LogP contribution in [0.4, 0.5) is 79.0 Å². The first-order valence-electron chi connectivity index (χ1n) is 15.5. The van der Waals surface area contributed by atoms with Gasteiger partial charge >= 0.3 is 48.1 Å². The molecule has 0 bridgehead atoms. The molecule has 0 aliphatic carbocycles. The van der Waals surface area contributed by atoms with Gasteiger partial charge in [0, 0.05) is 25.7 Å². The number of alkyl halides is 18. The van der Waals surface area contributed by atoms with Gasteiger partial charge in [-0.2, -0.15) is 79.0 Å². The number of rotatable bonds is 22. The number of hydrogen-bond acceptors (Lipinski definition) is 2. The Morgan fingerprint density at radius 1 is 0.365 bits per heavy atom. The Bertz CT molecular complexity index is 1160. The lowest BCUT2D eigenvalue weighted by molar-refractivity contribution is -0.399. The van der Waals surface area contributed by atoms with E-state index in [0.29, 0.717) is 64.2 Å². The van der Waals surface area contributed by atoms with Gasteiger partial charge in [0.2, 0.25) is 11.8 Å². The van der Waals surface area contributed by atoms with Gasteiger partial charge in [-0.25, -0.2) is 0 Å². The number of amides is 2. The van der Waals surface area contributed by atoms with E-state index in [-0.39, 0.29) is 36.3 Å². The minimum atomic E-state index is -7.10. The SMILES string of the molecule is O=C(CCCCCCCCC#CC#CCCCCCCCCC(=O)NC(F)(F)C(F)(F)C(F)(F)C(F)(F)F)NC(F)(F)C(F)(F)C(F)(F)C(F)(F)F. The Hall–Kier alpha value is -3.20. The van der Waals surface area contributed by atoms with Crippen molar-refractivity contribution in [2.45, 2.75) is 151 Å². The lowest BCUT2D eigenvalue weighted by Crippen LogP contribution is -2.66. The summed E-state index contributed by atoms with van der Waals surface area (Å²) < 4.78 is 230. The van der Waals surface area contributed by atoms with Crippen LogP contribution < -0.4 is 10.6 Å². The summed E-state index contributed by atoms with van der Waals surface area (Å²) in [4.78, 5) is 22.8. The number of hydrogen-bond donors (Lipinski definition) is 2. The third-order valence-corrected chi connectivity index (χ3v) is 7.03. The second-order valence-electron chi connectivity index (χ2n) is 11.4. The van der Waals surface area contributed by atoms with Gasteiger partial charge in [0.15, 0.2) is 0 Å². The molecule has 0 saturated carbocycles. The molecule has 0 radical (unpaired) electrons. The van der Waals surface area contributed by atoms with Crippen LogP contribution in [0.3, 0.4) is 0 Å². The molecule has 0 atom stereocenters. The molecule has 0 aromatic rings. The van der Waals surface area contributed by atoms with Gasteiger partial charge in [0.1, 0.15) is 0 Å².